The third-order valence-corrected chi connectivity index (χ3v) is 2.89. The molecule has 0 saturated carbocycles. The molecule has 0 fully saturated rings. The van der Waals surface area contributed by atoms with E-state index in [1.807, 2.05) is 30.3 Å². The molecule has 0 N–H and O–H groups in total. The summed E-state index contributed by atoms with van der Waals surface area (Å²) in [5.41, 5.74) is 3.03. The Bertz CT molecular complexity index is 598. The number of carbonyl (C=O) groups is 2. The van der Waals surface area contributed by atoms with Crippen molar-refractivity contribution in [1.29, 1.82) is 0 Å². The van der Waals surface area contributed by atoms with Gasteiger partial charge < -0.3 is 0 Å². The first-order valence-electron chi connectivity index (χ1n) is 5.81. The van der Waals surface area contributed by atoms with E-state index in [9.17, 15) is 9.59 Å². The number of ketones is 2. The lowest BCUT2D eigenvalue weighted by Crippen LogP contribution is -2.00. The van der Waals surface area contributed by atoms with Crippen molar-refractivity contribution in [2.75, 3.05) is 0 Å². The molecule has 0 aliphatic heterocycles. The summed E-state index contributed by atoms with van der Waals surface area (Å²) in [4.78, 5) is 23.1. The fourth-order valence-electron chi connectivity index (χ4n) is 1.93. The molecule has 0 radical (unpaired) electrons. The third-order valence-electron chi connectivity index (χ3n) is 2.89. The second-order valence-electron chi connectivity index (χ2n) is 4.24. The Morgan fingerprint density at radius 3 is 2.06 bits per heavy atom. The summed E-state index contributed by atoms with van der Waals surface area (Å²) in [6.45, 7) is 3.06. The standard InChI is InChI=1S/C16H14O2/c1-11(17)14-8-9-15(12(2)18)16(10-14)13-6-4-3-5-7-13/h3-10H,1-2H3. The van der Waals surface area contributed by atoms with Crippen LogP contribution < -0.4 is 0 Å². The van der Waals surface area contributed by atoms with E-state index in [-0.39, 0.29) is 11.6 Å². The monoisotopic (exact) mass is 238 g/mol. The Morgan fingerprint density at radius 2 is 1.50 bits per heavy atom. The van der Waals surface area contributed by atoms with Crippen LogP contribution in [0.25, 0.3) is 11.1 Å². The lowest BCUT2D eigenvalue weighted by molar-refractivity contribution is 0.100. The second-order valence-corrected chi connectivity index (χ2v) is 4.24. The number of Topliss-reactive ketones (excluding diaryl/α,β-unsaturated/α-hetero) is 2. The van der Waals surface area contributed by atoms with Gasteiger partial charge in [-0.15, -0.1) is 0 Å². The SMILES string of the molecule is CC(=O)c1ccc(C(C)=O)c(-c2ccccc2)c1. The fraction of sp³-hybridized carbons (Fsp3) is 0.125. The van der Waals surface area contributed by atoms with Gasteiger partial charge in [-0.2, -0.15) is 0 Å². The van der Waals surface area contributed by atoms with Gasteiger partial charge in [-0.25, -0.2) is 0 Å². The molecule has 0 saturated heterocycles. The Labute approximate surface area is 106 Å². The van der Waals surface area contributed by atoms with Gasteiger partial charge in [-0.1, -0.05) is 42.5 Å². The summed E-state index contributed by atoms with van der Waals surface area (Å²) in [5.74, 6) is 0.00578. The van der Waals surface area contributed by atoms with Crippen molar-refractivity contribution in [3.8, 4) is 11.1 Å². The van der Waals surface area contributed by atoms with Gasteiger partial charge in [0.2, 0.25) is 0 Å². The summed E-state index contributed by atoms with van der Waals surface area (Å²) in [6, 6.07) is 14.8. The molecule has 0 atom stereocenters. The quantitative estimate of drug-likeness (QED) is 0.763. The molecule has 2 aromatic carbocycles. The number of rotatable bonds is 3. The molecular weight excluding hydrogens is 224 g/mol. The lowest BCUT2D eigenvalue weighted by Gasteiger charge is -2.09. The van der Waals surface area contributed by atoms with Crippen molar-refractivity contribution in [2.45, 2.75) is 13.8 Å². The Hall–Kier alpha value is -2.22. The Balaban J connectivity index is 2.65. The van der Waals surface area contributed by atoms with Crippen LogP contribution in [-0.4, -0.2) is 11.6 Å². The van der Waals surface area contributed by atoms with Crippen LogP contribution in [0.1, 0.15) is 34.6 Å². The summed E-state index contributed by atoms with van der Waals surface area (Å²) < 4.78 is 0. The van der Waals surface area contributed by atoms with Crippen molar-refractivity contribution in [3.63, 3.8) is 0 Å². The zero-order chi connectivity index (χ0) is 13.1. The maximum atomic E-state index is 11.6. The molecule has 0 amide bonds. The van der Waals surface area contributed by atoms with E-state index in [4.69, 9.17) is 0 Å². The minimum absolute atomic E-state index is 0.00211. The molecule has 2 nitrogen and oxygen atoms in total. The molecule has 0 aromatic heterocycles. The molecule has 0 bridgehead atoms. The van der Waals surface area contributed by atoms with Crippen LogP contribution in [0.3, 0.4) is 0 Å². The predicted molar refractivity (Wildman–Crippen MR) is 71.9 cm³/mol. The second kappa shape index (κ2) is 4.96. The van der Waals surface area contributed by atoms with Gasteiger partial charge in [-0.05, 0) is 31.0 Å². The van der Waals surface area contributed by atoms with Crippen LogP contribution in [0.4, 0.5) is 0 Å². The highest BCUT2D eigenvalue weighted by molar-refractivity contribution is 6.03. The van der Waals surface area contributed by atoms with E-state index < -0.39 is 0 Å². The fourth-order valence-corrected chi connectivity index (χ4v) is 1.93. The van der Waals surface area contributed by atoms with Gasteiger partial charge in [0.25, 0.3) is 0 Å². The van der Waals surface area contributed by atoms with Crippen molar-refractivity contribution in [2.24, 2.45) is 0 Å². The molecule has 2 heteroatoms. The van der Waals surface area contributed by atoms with Crippen molar-refractivity contribution in [3.05, 3.63) is 59.7 Å². The van der Waals surface area contributed by atoms with E-state index in [0.717, 1.165) is 11.1 Å². The number of carbonyl (C=O) groups excluding carboxylic acids is 2. The van der Waals surface area contributed by atoms with E-state index in [2.05, 4.69) is 0 Å². The molecule has 90 valence electrons. The van der Waals surface area contributed by atoms with Crippen LogP contribution in [0.2, 0.25) is 0 Å². The van der Waals surface area contributed by atoms with Crippen LogP contribution in [0.5, 0.6) is 0 Å². The first-order valence-corrected chi connectivity index (χ1v) is 5.81. The van der Waals surface area contributed by atoms with Crippen LogP contribution in [0.15, 0.2) is 48.5 Å². The molecule has 2 rings (SSSR count). The summed E-state index contributed by atoms with van der Waals surface area (Å²) in [7, 11) is 0. The first-order chi connectivity index (χ1) is 8.59. The zero-order valence-electron chi connectivity index (χ0n) is 10.4. The molecule has 0 spiro atoms. The van der Waals surface area contributed by atoms with Crippen LogP contribution in [-0.2, 0) is 0 Å². The highest BCUT2D eigenvalue weighted by atomic mass is 16.1. The van der Waals surface area contributed by atoms with Crippen LogP contribution in [0, 0.1) is 0 Å². The normalized spacial score (nSPS) is 10.1. The summed E-state index contributed by atoms with van der Waals surface area (Å²) >= 11 is 0. The van der Waals surface area contributed by atoms with E-state index in [1.165, 1.54) is 13.8 Å². The molecule has 0 heterocycles. The first kappa shape index (κ1) is 12.2. The molecule has 18 heavy (non-hydrogen) atoms. The summed E-state index contributed by atoms with van der Waals surface area (Å²) in [6.07, 6.45) is 0. The average Bonchev–Trinajstić information content (AvgIpc) is 2.39. The summed E-state index contributed by atoms with van der Waals surface area (Å²) in [5, 5.41) is 0. The van der Waals surface area contributed by atoms with Crippen LogP contribution >= 0.6 is 0 Å². The smallest absolute Gasteiger partial charge is 0.160 e. The molecule has 0 unspecified atom stereocenters. The number of benzene rings is 2. The molecule has 0 aliphatic carbocycles. The van der Waals surface area contributed by atoms with Gasteiger partial charge in [0, 0.05) is 11.1 Å². The number of hydrogen-bond acceptors (Lipinski definition) is 2. The van der Waals surface area contributed by atoms with Gasteiger partial charge in [-0.3, -0.25) is 9.59 Å². The molecular formula is C16H14O2. The van der Waals surface area contributed by atoms with Gasteiger partial charge in [0.15, 0.2) is 11.6 Å². The minimum Gasteiger partial charge on any atom is -0.295 e. The molecule has 2 aromatic rings. The Morgan fingerprint density at radius 1 is 0.833 bits per heavy atom. The van der Waals surface area contributed by atoms with Gasteiger partial charge in [0.05, 0.1) is 0 Å². The highest BCUT2D eigenvalue weighted by Gasteiger charge is 2.11. The molecule has 0 aliphatic rings. The topological polar surface area (TPSA) is 34.1 Å². The number of hydrogen-bond donors (Lipinski definition) is 0. The maximum Gasteiger partial charge on any atom is 0.160 e. The van der Waals surface area contributed by atoms with Crippen molar-refractivity contribution < 1.29 is 9.59 Å². The van der Waals surface area contributed by atoms with E-state index >= 15 is 0 Å². The van der Waals surface area contributed by atoms with Gasteiger partial charge >= 0.3 is 0 Å². The lowest BCUT2D eigenvalue weighted by atomic mass is 9.94. The van der Waals surface area contributed by atoms with Gasteiger partial charge in [0.1, 0.15) is 0 Å². The minimum atomic E-state index is 0.00211. The Kier molecular flexibility index (Phi) is 3.38. The van der Waals surface area contributed by atoms with Crippen molar-refractivity contribution >= 4 is 11.6 Å². The zero-order valence-corrected chi connectivity index (χ0v) is 10.4. The predicted octanol–water partition coefficient (Wildman–Crippen LogP) is 3.76. The van der Waals surface area contributed by atoms with Crippen molar-refractivity contribution in [1.82, 2.24) is 0 Å². The average molecular weight is 238 g/mol. The third kappa shape index (κ3) is 2.38. The largest absolute Gasteiger partial charge is 0.295 e. The van der Waals surface area contributed by atoms with E-state index in [0.29, 0.717) is 11.1 Å². The van der Waals surface area contributed by atoms with E-state index in [1.54, 1.807) is 18.2 Å². The maximum absolute atomic E-state index is 11.6. The highest BCUT2D eigenvalue weighted by Crippen LogP contribution is 2.25.